The van der Waals surface area contributed by atoms with E-state index in [-0.39, 0.29) is 6.04 Å². The van der Waals surface area contributed by atoms with Gasteiger partial charge in [0.1, 0.15) is 5.75 Å². The van der Waals surface area contributed by atoms with Crippen molar-refractivity contribution in [2.24, 2.45) is 5.10 Å². The lowest BCUT2D eigenvalue weighted by Gasteiger charge is -2.47. The number of hydrazone groups is 1. The van der Waals surface area contributed by atoms with Gasteiger partial charge in [-0.2, -0.15) is 5.10 Å². The highest BCUT2D eigenvalue weighted by Crippen LogP contribution is 2.50. The van der Waals surface area contributed by atoms with Crippen LogP contribution in [0.3, 0.4) is 0 Å². The Morgan fingerprint density at radius 3 is 2.80 bits per heavy atom. The molecule has 3 aromatic carbocycles. The van der Waals surface area contributed by atoms with Gasteiger partial charge in [-0.05, 0) is 47.0 Å². The van der Waals surface area contributed by atoms with Crippen molar-refractivity contribution in [1.82, 2.24) is 5.01 Å². The summed E-state index contributed by atoms with van der Waals surface area (Å²) in [7, 11) is 0. The van der Waals surface area contributed by atoms with Crippen molar-refractivity contribution in [1.29, 1.82) is 0 Å². The third kappa shape index (κ3) is 2.76. The first kappa shape index (κ1) is 18.0. The Labute approximate surface area is 183 Å². The first-order valence-corrected chi connectivity index (χ1v) is 11.2. The van der Waals surface area contributed by atoms with Crippen molar-refractivity contribution in [3.05, 3.63) is 88.1 Å². The molecule has 2 atom stereocenters. The molecule has 6 rings (SSSR count). The summed E-state index contributed by atoms with van der Waals surface area (Å²) in [5, 5.41) is 19.9. The molecule has 0 unspecified atom stereocenters. The van der Waals surface area contributed by atoms with Crippen LogP contribution < -0.4 is 4.74 Å². The van der Waals surface area contributed by atoms with E-state index >= 15 is 0 Å². The molecule has 5 heteroatoms. The van der Waals surface area contributed by atoms with E-state index in [0.717, 1.165) is 46.3 Å². The summed E-state index contributed by atoms with van der Waals surface area (Å²) < 4.78 is 7.55. The Bertz CT molecular complexity index is 1230. The molecule has 3 aromatic rings. The lowest BCUT2D eigenvalue weighted by atomic mass is 9.90. The quantitative estimate of drug-likeness (QED) is 0.452. The normalized spacial score (nSPS) is 24.8. The lowest BCUT2D eigenvalue weighted by molar-refractivity contribution is -0.0944. The number of allylic oxidation sites excluding steroid dienone is 1. The minimum atomic E-state index is -0.730. The monoisotopic (exact) mass is 460 g/mol. The van der Waals surface area contributed by atoms with Gasteiger partial charge in [-0.15, -0.1) is 0 Å². The zero-order valence-corrected chi connectivity index (χ0v) is 18.0. The van der Waals surface area contributed by atoms with E-state index in [1.54, 1.807) is 0 Å². The number of ether oxygens (including phenoxy) is 1. The van der Waals surface area contributed by atoms with Gasteiger partial charge in [0, 0.05) is 35.4 Å². The van der Waals surface area contributed by atoms with Crippen LogP contribution in [0.5, 0.6) is 5.75 Å². The number of nitrogens with zero attached hydrogens (tertiary/aromatic N) is 2. The number of aliphatic hydroxyl groups is 1. The van der Waals surface area contributed by atoms with Crippen molar-refractivity contribution in [3.8, 4) is 5.75 Å². The number of fused-ring (bicyclic) bond motifs is 5. The fraction of sp³-hybridized carbons (Fsp3) is 0.240. The van der Waals surface area contributed by atoms with Gasteiger partial charge in [-0.3, -0.25) is 0 Å². The zero-order chi connectivity index (χ0) is 20.3. The van der Waals surface area contributed by atoms with Crippen molar-refractivity contribution in [2.45, 2.75) is 37.5 Å². The third-order valence-electron chi connectivity index (χ3n) is 6.36. The maximum Gasteiger partial charge on any atom is 0.220 e. The van der Waals surface area contributed by atoms with E-state index < -0.39 is 5.72 Å². The number of halogens is 1. The van der Waals surface area contributed by atoms with Crippen LogP contribution in [0.4, 0.5) is 0 Å². The number of rotatable bonds is 1. The molecule has 2 aliphatic heterocycles. The standard InChI is InChI=1S/C25H21BrN2O2/c26-19-9-10-24-21(13-19)23-14-22(18-8-7-16-4-1-2-5-17(16)12-18)27-28(23)25(30-24)11-3-6-20(29)15-25/h1-2,4-5,7-10,12-13,15,23,29H,3,6,11,14H2/t23-,25+/m1/s1. The van der Waals surface area contributed by atoms with Crippen LogP contribution in [0.15, 0.2) is 82.1 Å². The summed E-state index contributed by atoms with van der Waals surface area (Å²) >= 11 is 3.61. The Hall–Kier alpha value is -2.79. The van der Waals surface area contributed by atoms with Crippen molar-refractivity contribution >= 4 is 32.4 Å². The second-order valence-electron chi connectivity index (χ2n) is 8.29. The molecule has 0 aromatic heterocycles. The average Bonchev–Trinajstić information content (AvgIpc) is 3.21. The van der Waals surface area contributed by atoms with Gasteiger partial charge in [0.2, 0.25) is 5.72 Å². The Balaban J connectivity index is 1.49. The molecule has 0 saturated carbocycles. The van der Waals surface area contributed by atoms with Gasteiger partial charge < -0.3 is 9.84 Å². The maximum atomic E-state index is 10.3. The first-order chi connectivity index (χ1) is 14.6. The highest BCUT2D eigenvalue weighted by atomic mass is 79.9. The molecule has 0 bridgehead atoms. The van der Waals surface area contributed by atoms with E-state index in [9.17, 15) is 5.11 Å². The van der Waals surface area contributed by atoms with E-state index in [1.807, 2.05) is 18.2 Å². The van der Waals surface area contributed by atoms with Gasteiger partial charge in [-0.25, -0.2) is 5.01 Å². The summed E-state index contributed by atoms with van der Waals surface area (Å²) in [6.07, 6.45) is 5.04. The van der Waals surface area contributed by atoms with Gasteiger partial charge in [0.05, 0.1) is 17.5 Å². The average molecular weight is 461 g/mol. The molecule has 0 radical (unpaired) electrons. The molecular formula is C25H21BrN2O2. The van der Waals surface area contributed by atoms with Gasteiger partial charge >= 0.3 is 0 Å². The maximum absolute atomic E-state index is 10.3. The Kier molecular flexibility index (Phi) is 3.97. The van der Waals surface area contributed by atoms with E-state index in [1.165, 1.54) is 10.8 Å². The molecule has 0 fully saturated rings. The third-order valence-corrected chi connectivity index (χ3v) is 6.85. The summed E-state index contributed by atoms with van der Waals surface area (Å²) in [6.45, 7) is 0. The van der Waals surface area contributed by atoms with Crippen LogP contribution in [0.25, 0.3) is 10.8 Å². The fourth-order valence-electron chi connectivity index (χ4n) is 4.94. The molecular weight excluding hydrogens is 440 g/mol. The van der Waals surface area contributed by atoms with Crippen LogP contribution in [-0.2, 0) is 0 Å². The van der Waals surface area contributed by atoms with E-state index in [4.69, 9.17) is 9.84 Å². The van der Waals surface area contributed by atoms with E-state index in [0.29, 0.717) is 12.2 Å². The summed E-state index contributed by atoms with van der Waals surface area (Å²) in [6, 6.07) is 21.2. The van der Waals surface area contributed by atoms with Crippen LogP contribution in [0.2, 0.25) is 0 Å². The predicted octanol–water partition coefficient (Wildman–Crippen LogP) is 6.47. The number of aliphatic hydroxyl groups excluding tert-OH is 1. The molecule has 1 spiro atoms. The van der Waals surface area contributed by atoms with Crippen LogP contribution in [-0.4, -0.2) is 21.6 Å². The first-order valence-electron chi connectivity index (χ1n) is 10.4. The fourth-order valence-corrected chi connectivity index (χ4v) is 5.32. The van der Waals surface area contributed by atoms with Crippen LogP contribution in [0, 0.1) is 0 Å². The largest absolute Gasteiger partial charge is 0.512 e. The highest BCUT2D eigenvalue weighted by Gasteiger charge is 2.50. The minimum absolute atomic E-state index is 0.0786. The molecule has 0 saturated heterocycles. The highest BCUT2D eigenvalue weighted by molar-refractivity contribution is 9.10. The van der Waals surface area contributed by atoms with E-state index in [2.05, 4.69) is 69.5 Å². The number of hydrogen-bond donors (Lipinski definition) is 1. The van der Waals surface area contributed by atoms with Gasteiger partial charge in [0.25, 0.3) is 0 Å². The second-order valence-corrected chi connectivity index (χ2v) is 9.21. The Morgan fingerprint density at radius 1 is 1.07 bits per heavy atom. The molecule has 1 N–H and O–H groups in total. The Morgan fingerprint density at radius 2 is 1.93 bits per heavy atom. The van der Waals surface area contributed by atoms with Crippen molar-refractivity contribution < 1.29 is 9.84 Å². The zero-order valence-electron chi connectivity index (χ0n) is 16.4. The van der Waals surface area contributed by atoms with Crippen molar-refractivity contribution in [3.63, 3.8) is 0 Å². The number of hydrogen-bond acceptors (Lipinski definition) is 4. The smallest absolute Gasteiger partial charge is 0.220 e. The van der Waals surface area contributed by atoms with Crippen LogP contribution in [0.1, 0.15) is 42.9 Å². The second kappa shape index (κ2) is 6.61. The molecule has 4 nitrogen and oxygen atoms in total. The summed E-state index contributed by atoms with van der Waals surface area (Å²) in [4.78, 5) is 0. The van der Waals surface area contributed by atoms with Gasteiger partial charge in [0.15, 0.2) is 0 Å². The minimum Gasteiger partial charge on any atom is -0.512 e. The lowest BCUT2D eigenvalue weighted by Crippen LogP contribution is -2.53. The molecule has 1 aliphatic carbocycles. The molecule has 2 heterocycles. The summed E-state index contributed by atoms with van der Waals surface area (Å²) in [5.41, 5.74) is 2.60. The summed E-state index contributed by atoms with van der Waals surface area (Å²) in [5.74, 6) is 1.26. The van der Waals surface area contributed by atoms with Gasteiger partial charge in [-0.1, -0.05) is 52.3 Å². The molecule has 30 heavy (non-hydrogen) atoms. The molecule has 150 valence electrons. The number of benzene rings is 3. The SMILES string of the molecule is OC1=C[C@]2(CCC1)Oc1ccc(Br)cc1[C@H]1CC(c3ccc4ccccc4c3)=NN12. The molecule has 0 amide bonds. The topological polar surface area (TPSA) is 45.1 Å². The predicted molar refractivity (Wildman–Crippen MR) is 122 cm³/mol. The molecule has 3 aliphatic rings. The van der Waals surface area contributed by atoms with Crippen molar-refractivity contribution in [2.75, 3.05) is 0 Å². The van der Waals surface area contributed by atoms with Crippen LogP contribution >= 0.6 is 15.9 Å².